The van der Waals surface area contributed by atoms with Crippen LogP contribution in [-0.2, 0) is 12.8 Å². The number of hydrogen-bond donors (Lipinski definition) is 0. The third-order valence-corrected chi connectivity index (χ3v) is 2.61. The van der Waals surface area contributed by atoms with Gasteiger partial charge in [-0.15, -0.1) is 0 Å². The van der Waals surface area contributed by atoms with Crippen molar-refractivity contribution < 1.29 is 9.18 Å². The standard InChI is InChI=1S/C11H11FO/c1-7(13)8-5-6-11(12)10-4-2-3-9(8)10/h5-6H,2-4H2,1H3. The van der Waals surface area contributed by atoms with Crippen molar-refractivity contribution in [3.8, 4) is 0 Å². The van der Waals surface area contributed by atoms with Crippen LogP contribution in [-0.4, -0.2) is 5.78 Å². The third-order valence-electron chi connectivity index (χ3n) is 2.61. The van der Waals surface area contributed by atoms with Gasteiger partial charge in [-0.3, -0.25) is 4.79 Å². The van der Waals surface area contributed by atoms with Crippen molar-refractivity contribution in [1.29, 1.82) is 0 Å². The summed E-state index contributed by atoms with van der Waals surface area (Å²) in [5.41, 5.74) is 2.40. The van der Waals surface area contributed by atoms with Crippen molar-refractivity contribution in [3.05, 3.63) is 34.6 Å². The van der Waals surface area contributed by atoms with Gasteiger partial charge >= 0.3 is 0 Å². The summed E-state index contributed by atoms with van der Waals surface area (Å²) in [6.45, 7) is 1.53. The zero-order valence-electron chi connectivity index (χ0n) is 7.56. The van der Waals surface area contributed by atoms with Crippen LogP contribution < -0.4 is 0 Å². The summed E-state index contributed by atoms with van der Waals surface area (Å²) < 4.78 is 13.2. The van der Waals surface area contributed by atoms with Crippen LogP contribution in [0.2, 0.25) is 0 Å². The average Bonchev–Trinajstić information content (AvgIpc) is 2.53. The van der Waals surface area contributed by atoms with E-state index in [1.807, 2.05) is 0 Å². The molecule has 2 heteroatoms. The highest BCUT2D eigenvalue weighted by Crippen LogP contribution is 2.27. The van der Waals surface area contributed by atoms with Gasteiger partial charge in [-0.25, -0.2) is 4.39 Å². The fourth-order valence-corrected chi connectivity index (χ4v) is 1.99. The van der Waals surface area contributed by atoms with Crippen LogP contribution in [0.5, 0.6) is 0 Å². The molecule has 0 saturated heterocycles. The second kappa shape index (κ2) is 2.95. The Balaban J connectivity index is 2.62. The summed E-state index contributed by atoms with van der Waals surface area (Å²) >= 11 is 0. The molecule has 0 amide bonds. The Labute approximate surface area is 76.6 Å². The quantitative estimate of drug-likeness (QED) is 0.604. The Kier molecular flexibility index (Phi) is 1.91. The van der Waals surface area contributed by atoms with Gasteiger partial charge in [-0.05, 0) is 49.4 Å². The minimum atomic E-state index is -0.155. The van der Waals surface area contributed by atoms with Gasteiger partial charge in [0.1, 0.15) is 5.82 Å². The van der Waals surface area contributed by atoms with Crippen molar-refractivity contribution in [2.45, 2.75) is 26.2 Å². The topological polar surface area (TPSA) is 17.1 Å². The first-order chi connectivity index (χ1) is 6.20. The highest BCUT2D eigenvalue weighted by atomic mass is 19.1. The van der Waals surface area contributed by atoms with E-state index in [4.69, 9.17) is 0 Å². The molecule has 0 unspecified atom stereocenters. The number of carbonyl (C=O) groups is 1. The third kappa shape index (κ3) is 1.26. The average molecular weight is 178 g/mol. The van der Waals surface area contributed by atoms with E-state index in [-0.39, 0.29) is 11.6 Å². The number of fused-ring (bicyclic) bond motifs is 1. The van der Waals surface area contributed by atoms with Gasteiger partial charge in [-0.2, -0.15) is 0 Å². The molecule has 1 aromatic carbocycles. The molecule has 1 aliphatic rings. The predicted molar refractivity (Wildman–Crippen MR) is 48.4 cm³/mol. The molecular formula is C11H11FO. The summed E-state index contributed by atoms with van der Waals surface area (Å²) in [7, 11) is 0. The van der Waals surface area contributed by atoms with E-state index in [1.165, 1.54) is 13.0 Å². The first-order valence-electron chi connectivity index (χ1n) is 4.51. The molecule has 0 spiro atoms. The molecule has 0 radical (unpaired) electrons. The molecular weight excluding hydrogens is 167 g/mol. The molecule has 0 N–H and O–H groups in total. The van der Waals surface area contributed by atoms with Gasteiger partial charge in [0.2, 0.25) is 0 Å². The lowest BCUT2D eigenvalue weighted by Gasteiger charge is -2.05. The maximum atomic E-state index is 13.2. The van der Waals surface area contributed by atoms with Crippen molar-refractivity contribution >= 4 is 5.78 Å². The zero-order valence-corrected chi connectivity index (χ0v) is 7.56. The molecule has 68 valence electrons. The van der Waals surface area contributed by atoms with Gasteiger partial charge in [0.15, 0.2) is 5.78 Å². The Morgan fingerprint density at radius 1 is 1.31 bits per heavy atom. The SMILES string of the molecule is CC(=O)c1ccc(F)c2c1CCC2. The normalized spacial score (nSPS) is 14.3. The predicted octanol–water partition coefficient (Wildman–Crippen LogP) is 2.52. The molecule has 1 nitrogen and oxygen atoms in total. The molecule has 0 aliphatic heterocycles. The molecule has 0 bridgehead atoms. The lowest BCUT2D eigenvalue weighted by Crippen LogP contribution is -2.00. The molecule has 0 fully saturated rings. The molecule has 0 aromatic heterocycles. The molecule has 2 rings (SSSR count). The first-order valence-corrected chi connectivity index (χ1v) is 4.51. The van der Waals surface area contributed by atoms with E-state index in [0.717, 1.165) is 30.4 Å². The summed E-state index contributed by atoms with van der Waals surface area (Å²) in [6, 6.07) is 3.00. The first kappa shape index (κ1) is 8.42. The van der Waals surface area contributed by atoms with Crippen LogP contribution in [0.3, 0.4) is 0 Å². The molecule has 13 heavy (non-hydrogen) atoms. The van der Waals surface area contributed by atoms with Gasteiger partial charge in [0.05, 0.1) is 0 Å². The Bertz CT molecular complexity index is 369. The molecule has 1 aromatic rings. The second-order valence-electron chi connectivity index (χ2n) is 3.46. The Morgan fingerprint density at radius 2 is 2.00 bits per heavy atom. The smallest absolute Gasteiger partial charge is 0.160 e. The van der Waals surface area contributed by atoms with Crippen LogP contribution in [0.15, 0.2) is 12.1 Å². The van der Waals surface area contributed by atoms with Crippen molar-refractivity contribution in [2.75, 3.05) is 0 Å². The summed E-state index contributed by atoms with van der Waals surface area (Å²) in [6.07, 6.45) is 2.60. The molecule has 0 heterocycles. The Hall–Kier alpha value is -1.18. The number of halogens is 1. The van der Waals surface area contributed by atoms with E-state index in [1.54, 1.807) is 6.07 Å². The van der Waals surface area contributed by atoms with Gasteiger partial charge in [-0.1, -0.05) is 0 Å². The van der Waals surface area contributed by atoms with Crippen LogP contribution in [0.1, 0.15) is 34.8 Å². The van der Waals surface area contributed by atoms with Gasteiger partial charge in [0.25, 0.3) is 0 Å². The van der Waals surface area contributed by atoms with Gasteiger partial charge < -0.3 is 0 Å². The lowest BCUT2D eigenvalue weighted by molar-refractivity contribution is 0.101. The lowest BCUT2D eigenvalue weighted by atomic mass is 10.0. The number of hydrogen-bond acceptors (Lipinski definition) is 1. The minimum absolute atomic E-state index is 0.0400. The van der Waals surface area contributed by atoms with Gasteiger partial charge in [0, 0.05) is 5.56 Å². The van der Waals surface area contributed by atoms with E-state index >= 15 is 0 Å². The number of rotatable bonds is 1. The van der Waals surface area contributed by atoms with E-state index in [9.17, 15) is 9.18 Å². The van der Waals surface area contributed by atoms with E-state index in [0.29, 0.717) is 5.56 Å². The highest BCUT2D eigenvalue weighted by Gasteiger charge is 2.19. The molecule has 1 aliphatic carbocycles. The minimum Gasteiger partial charge on any atom is -0.295 e. The number of ketones is 1. The van der Waals surface area contributed by atoms with Crippen LogP contribution in [0.25, 0.3) is 0 Å². The maximum absolute atomic E-state index is 13.2. The summed E-state index contributed by atoms with van der Waals surface area (Å²) in [5.74, 6) is -0.115. The summed E-state index contributed by atoms with van der Waals surface area (Å²) in [4.78, 5) is 11.2. The largest absolute Gasteiger partial charge is 0.295 e. The maximum Gasteiger partial charge on any atom is 0.160 e. The van der Waals surface area contributed by atoms with E-state index in [2.05, 4.69) is 0 Å². The summed E-state index contributed by atoms with van der Waals surface area (Å²) in [5, 5.41) is 0. The molecule has 0 atom stereocenters. The second-order valence-corrected chi connectivity index (χ2v) is 3.46. The van der Waals surface area contributed by atoms with Crippen LogP contribution >= 0.6 is 0 Å². The fraction of sp³-hybridized carbons (Fsp3) is 0.364. The van der Waals surface area contributed by atoms with Crippen molar-refractivity contribution in [1.82, 2.24) is 0 Å². The number of Topliss-reactive ketones (excluding diaryl/α,β-unsaturated/α-hetero) is 1. The van der Waals surface area contributed by atoms with Crippen LogP contribution in [0, 0.1) is 5.82 Å². The van der Waals surface area contributed by atoms with Crippen molar-refractivity contribution in [2.24, 2.45) is 0 Å². The zero-order chi connectivity index (χ0) is 9.42. The highest BCUT2D eigenvalue weighted by molar-refractivity contribution is 5.96. The Morgan fingerprint density at radius 3 is 2.69 bits per heavy atom. The number of benzene rings is 1. The van der Waals surface area contributed by atoms with Crippen molar-refractivity contribution in [3.63, 3.8) is 0 Å². The monoisotopic (exact) mass is 178 g/mol. The van der Waals surface area contributed by atoms with E-state index < -0.39 is 0 Å². The fourth-order valence-electron chi connectivity index (χ4n) is 1.99. The number of carbonyl (C=O) groups excluding carboxylic acids is 1. The van der Waals surface area contributed by atoms with Crippen LogP contribution in [0.4, 0.5) is 4.39 Å². The molecule has 0 saturated carbocycles.